The molecular formula is C19H23N5O. The normalized spacial score (nSPS) is 17.5. The molecule has 0 amide bonds. The monoisotopic (exact) mass is 337 g/mol. The van der Waals surface area contributed by atoms with E-state index in [9.17, 15) is 0 Å². The third kappa shape index (κ3) is 2.93. The molecule has 4 heterocycles. The molecule has 1 fully saturated rings. The van der Waals surface area contributed by atoms with Gasteiger partial charge in [-0.2, -0.15) is 0 Å². The average Bonchev–Trinajstić information content (AvgIpc) is 2.67. The lowest BCUT2D eigenvalue weighted by molar-refractivity contribution is 0.312. The molecule has 6 nitrogen and oxygen atoms in total. The summed E-state index contributed by atoms with van der Waals surface area (Å²) in [5.41, 5.74) is 3.29. The Hall–Kier alpha value is -2.60. The second-order valence-electron chi connectivity index (χ2n) is 6.40. The minimum absolute atomic E-state index is 0.750. The number of ether oxygens (including phenoxy) is 1. The smallest absolute Gasteiger partial charge is 0.137 e. The Kier molecular flexibility index (Phi) is 4.28. The topological polar surface area (TPSA) is 53.5 Å². The van der Waals surface area contributed by atoms with Crippen LogP contribution in [0.5, 0.6) is 5.75 Å². The van der Waals surface area contributed by atoms with Crippen LogP contribution in [0.15, 0.2) is 36.7 Å². The van der Waals surface area contributed by atoms with Crippen molar-refractivity contribution in [1.29, 1.82) is 0 Å². The van der Waals surface area contributed by atoms with Crippen LogP contribution in [0.25, 0.3) is 5.57 Å². The Morgan fingerprint density at radius 2 is 1.92 bits per heavy atom. The number of methoxy groups -OCH3 is 1. The Morgan fingerprint density at radius 1 is 1.08 bits per heavy atom. The largest absolute Gasteiger partial charge is 0.496 e. The van der Waals surface area contributed by atoms with Crippen LogP contribution in [-0.4, -0.2) is 61.7 Å². The van der Waals surface area contributed by atoms with E-state index in [1.165, 1.54) is 0 Å². The summed E-state index contributed by atoms with van der Waals surface area (Å²) in [5.74, 6) is 2.74. The van der Waals surface area contributed by atoms with Gasteiger partial charge in [0, 0.05) is 50.7 Å². The number of nitrogens with one attached hydrogen (secondary N) is 1. The van der Waals surface area contributed by atoms with Gasteiger partial charge >= 0.3 is 0 Å². The Morgan fingerprint density at radius 3 is 2.72 bits per heavy atom. The van der Waals surface area contributed by atoms with Crippen LogP contribution in [0, 0.1) is 0 Å². The number of likely N-dealkylation sites (N-methyl/N-ethyl adjacent to an activating group) is 1. The second-order valence-corrected chi connectivity index (χ2v) is 6.40. The summed E-state index contributed by atoms with van der Waals surface area (Å²) in [6, 6.07) is 6.06. The quantitative estimate of drug-likeness (QED) is 0.926. The average molecular weight is 337 g/mol. The number of nitrogens with zero attached hydrogens (tertiary/aromatic N) is 4. The molecule has 1 saturated heterocycles. The summed E-state index contributed by atoms with van der Waals surface area (Å²) in [5, 5.41) is 3.33. The number of hydrogen-bond donors (Lipinski definition) is 1. The van der Waals surface area contributed by atoms with Gasteiger partial charge in [0.15, 0.2) is 0 Å². The number of piperazine rings is 1. The van der Waals surface area contributed by atoms with Crippen molar-refractivity contribution in [1.82, 2.24) is 14.9 Å². The molecule has 0 aliphatic carbocycles. The molecule has 0 radical (unpaired) electrons. The molecule has 130 valence electrons. The van der Waals surface area contributed by atoms with Crippen molar-refractivity contribution in [2.45, 2.75) is 0 Å². The van der Waals surface area contributed by atoms with Gasteiger partial charge in [0.05, 0.1) is 12.7 Å². The first-order valence-electron chi connectivity index (χ1n) is 8.64. The van der Waals surface area contributed by atoms with Crippen molar-refractivity contribution in [3.63, 3.8) is 0 Å². The SMILES string of the molecule is COc1ccnc2c1C(c1cccnc1N1CCN(C)CC1)=CCN2. The van der Waals surface area contributed by atoms with Crippen LogP contribution < -0.4 is 15.0 Å². The highest BCUT2D eigenvalue weighted by Gasteiger charge is 2.25. The number of aromatic nitrogens is 2. The lowest BCUT2D eigenvalue weighted by atomic mass is 9.95. The van der Waals surface area contributed by atoms with Crippen LogP contribution in [0.1, 0.15) is 11.1 Å². The first-order valence-corrected chi connectivity index (χ1v) is 8.64. The van der Waals surface area contributed by atoms with Crippen molar-refractivity contribution in [3.05, 3.63) is 47.8 Å². The number of fused-ring (bicyclic) bond motifs is 1. The molecule has 1 N–H and O–H groups in total. The van der Waals surface area contributed by atoms with Crippen LogP contribution in [0.3, 0.4) is 0 Å². The highest BCUT2D eigenvalue weighted by atomic mass is 16.5. The standard InChI is InChI=1S/C19H23N5O/c1-23-10-12-24(13-11-23)19-15(4-3-7-22-19)14-5-8-20-18-17(14)16(25-2)6-9-21-18/h3-7,9H,8,10-13H2,1-2H3,(H,20,21). The molecule has 2 aromatic heterocycles. The van der Waals surface area contributed by atoms with Crippen molar-refractivity contribution in [2.24, 2.45) is 0 Å². The maximum atomic E-state index is 5.60. The molecule has 0 saturated carbocycles. The Bertz CT molecular complexity index is 796. The lowest BCUT2D eigenvalue weighted by Gasteiger charge is -2.34. The molecule has 0 bridgehead atoms. The third-order valence-corrected chi connectivity index (χ3v) is 4.86. The molecule has 0 atom stereocenters. The predicted octanol–water partition coefficient (Wildman–Crippen LogP) is 2.09. The molecule has 2 aliphatic rings. The van der Waals surface area contributed by atoms with Gasteiger partial charge in [-0.15, -0.1) is 0 Å². The maximum Gasteiger partial charge on any atom is 0.137 e. The van der Waals surface area contributed by atoms with E-state index in [0.29, 0.717) is 0 Å². The Labute approximate surface area is 148 Å². The van der Waals surface area contributed by atoms with E-state index in [1.807, 2.05) is 18.3 Å². The Balaban J connectivity index is 1.78. The van der Waals surface area contributed by atoms with Crippen molar-refractivity contribution in [3.8, 4) is 5.75 Å². The fourth-order valence-corrected chi connectivity index (χ4v) is 3.48. The summed E-state index contributed by atoms with van der Waals surface area (Å²) >= 11 is 0. The zero-order chi connectivity index (χ0) is 17.2. The van der Waals surface area contributed by atoms with E-state index in [0.717, 1.165) is 66.8 Å². The maximum absolute atomic E-state index is 5.60. The van der Waals surface area contributed by atoms with E-state index in [4.69, 9.17) is 9.72 Å². The number of pyridine rings is 2. The zero-order valence-corrected chi connectivity index (χ0v) is 14.7. The first kappa shape index (κ1) is 15.9. The van der Waals surface area contributed by atoms with Crippen LogP contribution >= 0.6 is 0 Å². The fraction of sp³-hybridized carbons (Fsp3) is 0.368. The van der Waals surface area contributed by atoms with E-state index in [2.05, 4.69) is 39.3 Å². The van der Waals surface area contributed by atoms with Crippen LogP contribution in [0.4, 0.5) is 11.6 Å². The van der Waals surface area contributed by atoms with Gasteiger partial charge in [0.1, 0.15) is 17.4 Å². The highest BCUT2D eigenvalue weighted by molar-refractivity contribution is 5.93. The number of hydrogen-bond acceptors (Lipinski definition) is 6. The fourth-order valence-electron chi connectivity index (χ4n) is 3.48. The summed E-state index contributed by atoms with van der Waals surface area (Å²) in [6.07, 6.45) is 5.85. The summed E-state index contributed by atoms with van der Waals surface area (Å²) in [7, 11) is 3.87. The number of rotatable bonds is 3. The van der Waals surface area contributed by atoms with Gasteiger partial charge in [-0.05, 0) is 30.8 Å². The zero-order valence-electron chi connectivity index (χ0n) is 14.7. The molecule has 4 rings (SSSR count). The molecule has 0 spiro atoms. The van der Waals surface area contributed by atoms with Gasteiger partial charge < -0.3 is 19.9 Å². The number of anilines is 2. The van der Waals surface area contributed by atoms with Crippen LogP contribution in [-0.2, 0) is 0 Å². The van der Waals surface area contributed by atoms with Crippen molar-refractivity contribution < 1.29 is 4.74 Å². The van der Waals surface area contributed by atoms with E-state index >= 15 is 0 Å². The first-order chi connectivity index (χ1) is 12.3. The minimum atomic E-state index is 0.750. The second kappa shape index (κ2) is 6.72. The van der Waals surface area contributed by atoms with E-state index in [1.54, 1.807) is 13.3 Å². The summed E-state index contributed by atoms with van der Waals surface area (Å²) in [4.78, 5) is 13.9. The molecule has 0 unspecified atom stereocenters. The van der Waals surface area contributed by atoms with Crippen molar-refractivity contribution in [2.75, 3.05) is 57.1 Å². The van der Waals surface area contributed by atoms with Crippen LogP contribution in [0.2, 0.25) is 0 Å². The summed E-state index contributed by atoms with van der Waals surface area (Å²) < 4.78 is 5.60. The van der Waals surface area contributed by atoms with Gasteiger partial charge in [0.25, 0.3) is 0 Å². The highest BCUT2D eigenvalue weighted by Crippen LogP contribution is 2.40. The molecule has 2 aromatic rings. The summed E-state index contributed by atoms with van der Waals surface area (Å²) in [6.45, 7) is 4.84. The third-order valence-electron chi connectivity index (χ3n) is 4.86. The van der Waals surface area contributed by atoms with E-state index in [-0.39, 0.29) is 0 Å². The van der Waals surface area contributed by atoms with Gasteiger partial charge in [-0.3, -0.25) is 0 Å². The van der Waals surface area contributed by atoms with E-state index < -0.39 is 0 Å². The van der Waals surface area contributed by atoms with Gasteiger partial charge in [0.2, 0.25) is 0 Å². The molecular weight excluding hydrogens is 314 g/mol. The van der Waals surface area contributed by atoms with Gasteiger partial charge in [-0.25, -0.2) is 9.97 Å². The molecule has 2 aliphatic heterocycles. The molecule has 6 heteroatoms. The minimum Gasteiger partial charge on any atom is -0.496 e. The predicted molar refractivity (Wildman–Crippen MR) is 100 cm³/mol. The van der Waals surface area contributed by atoms with Crippen molar-refractivity contribution >= 4 is 17.2 Å². The van der Waals surface area contributed by atoms with Gasteiger partial charge in [-0.1, -0.05) is 6.08 Å². The lowest BCUT2D eigenvalue weighted by Crippen LogP contribution is -2.45. The molecule has 0 aromatic carbocycles. The molecule has 25 heavy (non-hydrogen) atoms.